The van der Waals surface area contributed by atoms with Gasteiger partial charge in [0.05, 0.1) is 0 Å². The van der Waals surface area contributed by atoms with Gasteiger partial charge in [-0.25, -0.2) is 13.6 Å². The van der Waals surface area contributed by atoms with Crippen molar-refractivity contribution in [2.45, 2.75) is 44.0 Å². The minimum atomic E-state index is -3.78. The SMILES string of the molecule is CCn1cc(S(N)(=O)=O)cc1C(=O)NCCCC1CC1. The maximum Gasteiger partial charge on any atom is 0.267 e. The van der Waals surface area contributed by atoms with Crippen LogP contribution >= 0.6 is 0 Å². The molecule has 0 spiro atoms. The number of aromatic nitrogens is 1. The summed E-state index contributed by atoms with van der Waals surface area (Å²) in [4.78, 5) is 12.0. The van der Waals surface area contributed by atoms with Gasteiger partial charge in [0.2, 0.25) is 10.0 Å². The van der Waals surface area contributed by atoms with Crippen LogP contribution in [-0.4, -0.2) is 25.4 Å². The molecular weight excluding hydrogens is 278 g/mol. The van der Waals surface area contributed by atoms with Gasteiger partial charge in [0.25, 0.3) is 5.91 Å². The van der Waals surface area contributed by atoms with E-state index in [4.69, 9.17) is 5.14 Å². The number of nitrogens with two attached hydrogens (primary N) is 1. The van der Waals surface area contributed by atoms with Crippen molar-refractivity contribution in [2.75, 3.05) is 6.54 Å². The van der Waals surface area contributed by atoms with Crippen LogP contribution in [0.5, 0.6) is 0 Å². The Balaban J connectivity index is 1.98. The van der Waals surface area contributed by atoms with Crippen LogP contribution in [0.15, 0.2) is 17.2 Å². The summed E-state index contributed by atoms with van der Waals surface area (Å²) in [6.07, 6.45) is 6.13. The van der Waals surface area contributed by atoms with Crippen molar-refractivity contribution in [2.24, 2.45) is 11.1 Å². The van der Waals surface area contributed by atoms with Gasteiger partial charge in [0.1, 0.15) is 10.6 Å². The number of hydrogen-bond donors (Lipinski definition) is 2. The molecule has 0 unspecified atom stereocenters. The van der Waals surface area contributed by atoms with E-state index in [2.05, 4.69) is 5.32 Å². The first-order chi connectivity index (χ1) is 9.41. The van der Waals surface area contributed by atoms with Gasteiger partial charge in [-0.15, -0.1) is 0 Å². The molecule has 3 N–H and O–H groups in total. The Bertz CT molecular complexity index is 588. The van der Waals surface area contributed by atoms with Crippen molar-refractivity contribution in [3.8, 4) is 0 Å². The molecule has 7 heteroatoms. The lowest BCUT2D eigenvalue weighted by atomic mass is 10.2. The predicted molar refractivity (Wildman–Crippen MR) is 75.8 cm³/mol. The third kappa shape index (κ3) is 3.83. The molecule has 0 bridgehead atoms. The number of aryl methyl sites for hydroxylation is 1. The normalized spacial score (nSPS) is 15.3. The fourth-order valence-electron chi connectivity index (χ4n) is 2.18. The molecule has 1 saturated carbocycles. The molecule has 1 heterocycles. The fraction of sp³-hybridized carbons (Fsp3) is 0.615. The van der Waals surface area contributed by atoms with E-state index in [1.165, 1.54) is 25.1 Å². The smallest absolute Gasteiger partial charge is 0.267 e. The Morgan fingerprint density at radius 1 is 1.50 bits per heavy atom. The van der Waals surface area contributed by atoms with E-state index < -0.39 is 10.0 Å². The van der Waals surface area contributed by atoms with Crippen molar-refractivity contribution in [3.05, 3.63) is 18.0 Å². The third-order valence-corrected chi connectivity index (χ3v) is 4.43. The number of hydrogen-bond acceptors (Lipinski definition) is 3. The van der Waals surface area contributed by atoms with Crippen LogP contribution in [0.2, 0.25) is 0 Å². The van der Waals surface area contributed by atoms with Gasteiger partial charge in [-0.05, 0) is 31.7 Å². The summed E-state index contributed by atoms with van der Waals surface area (Å²) in [6, 6.07) is 1.33. The minimum absolute atomic E-state index is 0.0255. The van der Waals surface area contributed by atoms with Crippen molar-refractivity contribution in [1.82, 2.24) is 9.88 Å². The van der Waals surface area contributed by atoms with Gasteiger partial charge in [0, 0.05) is 19.3 Å². The molecule has 0 atom stereocenters. The van der Waals surface area contributed by atoms with Gasteiger partial charge < -0.3 is 9.88 Å². The van der Waals surface area contributed by atoms with E-state index in [-0.39, 0.29) is 10.8 Å². The second kappa shape index (κ2) is 5.97. The summed E-state index contributed by atoms with van der Waals surface area (Å²) in [5.74, 6) is 0.595. The summed E-state index contributed by atoms with van der Waals surface area (Å²) in [5, 5.41) is 7.91. The lowest BCUT2D eigenvalue weighted by Crippen LogP contribution is -2.26. The molecule has 0 saturated heterocycles. The van der Waals surface area contributed by atoms with E-state index >= 15 is 0 Å². The zero-order valence-corrected chi connectivity index (χ0v) is 12.4. The van der Waals surface area contributed by atoms with E-state index in [0.29, 0.717) is 18.8 Å². The summed E-state index contributed by atoms with van der Waals surface area (Å²) >= 11 is 0. The lowest BCUT2D eigenvalue weighted by Gasteiger charge is -2.07. The first-order valence-corrected chi connectivity index (χ1v) is 8.47. The molecule has 1 aromatic heterocycles. The number of carbonyl (C=O) groups is 1. The number of carbonyl (C=O) groups excluding carboxylic acids is 1. The highest BCUT2D eigenvalue weighted by atomic mass is 32.2. The molecule has 0 aromatic carbocycles. The molecule has 2 rings (SSSR count). The van der Waals surface area contributed by atoms with E-state index in [0.717, 1.165) is 18.8 Å². The molecule has 1 aromatic rings. The van der Waals surface area contributed by atoms with E-state index in [1.54, 1.807) is 4.57 Å². The Morgan fingerprint density at radius 2 is 2.20 bits per heavy atom. The second-order valence-corrected chi connectivity index (χ2v) is 6.79. The first-order valence-electron chi connectivity index (χ1n) is 6.93. The highest BCUT2D eigenvalue weighted by Gasteiger charge is 2.21. The van der Waals surface area contributed by atoms with Crippen LogP contribution in [0.3, 0.4) is 0 Å². The molecule has 1 aliphatic rings. The average Bonchev–Trinajstić information content (AvgIpc) is 3.08. The Labute approximate surface area is 119 Å². The van der Waals surface area contributed by atoms with Gasteiger partial charge >= 0.3 is 0 Å². The Kier molecular flexibility index (Phi) is 4.49. The maximum atomic E-state index is 12.1. The van der Waals surface area contributed by atoms with Crippen molar-refractivity contribution >= 4 is 15.9 Å². The molecule has 1 aliphatic carbocycles. The van der Waals surface area contributed by atoms with Crippen LogP contribution in [-0.2, 0) is 16.6 Å². The number of amides is 1. The summed E-state index contributed by atoms with van der Waals surface area (Å²) in [7, 11) is -3.78. The monoisotopic (exact) mass is 299 g/mol. The standard InChI is InChI=1S/C13H21N3O3S/c1-2-16-9-11(20(14,18)19)8-12(16)13(17)15-7-3-4-10-5-6-10/h8-10H,2-7H2,1H3,(H,15,17)(H2,14,18,19). The fourth-order valence-corrected chi connectivity index (χ4v) is 2.73. The van der Waals surface area contributed by atoms with Crippen LogP contribution in [0.4, 0.5) is 0 Å². The highest BCUT2D eigenvalue weighted by Crippen LogP contribution is 2.33. The summed E-state index contributed by atoms with van der Waals surface area (Å²) in [6.45, 7) is 2.98. The number of nitrogens with one attached hydrogen (secondary N) is 1. The van der Waals surface area contributed by atoms with Gasteiger partial charge in [-0.3, -0.25) is 4.79 Å². The first kappa shape index (κ1) is 15.1. The summed E-state index contributed by atoms with van der Waals surface area (Å²) in [5.41, 5.74) is 0.336. The number of rotatable bonds is 7. The molecule has 1 fully saturated rings. The minimum Gasteiger partial charge on any atom is -0.351 e. The average molecular weight is 299 g/mol. The zero-order chi connectivity index (χ0) is 14.8. The molecule has 1 amide bonds. The van der Waals surface area contributed by atoms with Crippen LogP contribution in [0, 0.1) is 5.92 Å². The van der Waals surface area contributed by atoms with Crippen LogP contribution in [0.25, 0.3) is 0 Å². The zero-order valence-electron chi connectivity index (χ0n) is 11.6. The van der Waals surface area contributed by atoms with Crippen LogP contribution < -0.4 is 10.5 Å². The topological polar surface area (TPSA) is 94.2 Å². The largest absolute Gasteiger partial charge is 0.351 e. The number of primary sulfonamides is 1. The van der Waals surface area contributed by atoms with Crippen molar-refractivity contribution in [1.29, 1.82) is 0 Å². The van der Waals surface area contributed by atoms with Gasteiger partial charge in [-0.2, -0.15) is 0 Å². The van der Waals surface area contributed by atoms with E-state index in [9.17, 15) is 13.2 Å². The molecule has 112 valence electrons. The maximum absolute atomic E-state index is 12.1. The van der Waals surface area contributed by atoms with Crippen molar-refractivity contribution in [3.63, 3.8) is 0 Å². The highest BCUT2D eigenvalue weighted by molar-refractivity contribution is 7.89. The predicted octanol–water partition coefficient (Wildman–Crippen LogP) is 1.08. The van der Waals surface area contributed by atoms with Crippen molar-refractivity contribution < 1.29 is 13.2 Å². The third-order valence-electron chi connectivity index (χ3n) is 3.54. The molecule has 6 nitrogen and oxygen atoms in total. The quantitative estimate of drug-likeness (QED) is 0.737. The number of nitrogens with zero attached hydrogens (tertiary/aromatic N) is 1. The molecule has 20 heavy (non-hydrogen) atoms. The molecule has 0 radical (unpaired) electrons. The van der Waals surface area contributed by atoms with Gasteiger partial charge in [0.15, 0.2) is 0 Å². The van der Waals surface area contributed by atoms with E-state index in [1.807, 2.05) is 6.92 Å². The Morgan fingerprint density at radius 3 is 2.75 bits per heavy atom. The number of sulfonamides is 1. The summed E-state index contributed by atoms with van der Waals surface area (Å²) < 4.78 is 24.2. The Hall–Kier alpha value is -1.34. The lowest BCUT2D eigenvalue weighted by molar-refractivity contribution is 0.0943. The second-order valence-electron chi connectivity index (χ2n) is 5.23. The van der Waals surface area contributed by atoms with Gasteiger partial charge in [-0.1, -0.05) is 12.8 Å². The van der Waals surface area contributed by atoms with Crippen LogP contribution in [0.1, 0.15) is 43.1 Å². The molecule has 0 aliphatic heterocycles. The molecular formula is C13H21N3O3S.